The molecule has 7 nitrogen and oxygen atoms in total. The minimum Gasteiger partial charge on any atom is -0.282 e. The van der Waals surface area contributed by atoms with Crippen LogP contribution in [0.3, 0.4) is 0 Å². The Bertz CT molecular complexity index is 1200. The molecule has 0 saturated heterocycles. The van der Waals surface area contributed by atoms with Gasteiger partial charge in [-0.2, -0.15) is 18.5 Å². The Kier molecular flexibility index (Phi) is 6.96. The van der Waals surface area contributed by atoms with Crippen LogP contribution in [-0.4, -0.2) is 29.6 Å². The van der Waals surface area contributed by atoms with Crippen molar-refractivity contribution < 1.29 is 17.8 Å². The number of rotatable bonds is 3. The summed E-state index contributed by atoms with van der Waals surface area (Å²) in [6.07, 6.45) is 5.21. The van der Waals surface area contributed by atoms with Crippen LogP contribution in [0.25, 0.3) is 6.08 Å². The lowest BCUT2D eigenvalue weighted by molar-refractivity contribution is -0.114. The lowest BCUT2D eigenvalue weighted by Crippen LogP contribution is -2.21. The Morgan fingerprint density at radius 2 is 1.58 bits per heavy atom. The van der Waals surface area contributed by atoms with Gasteiger partial charge in [0.2, 0.25) is 0 Å². The number of halogens is 1. The summed E-state index contributed by atoms with van der Waals surface area (Å²) in [6, 6.07) is 18.0. The zero-order valence-corrected chi connectivity index (χ0v) is 18.0. The van der Waals surface area contributed by atoms with Crippen molar-refractivity contribution in [3.8, 4) is 0 Å². The quantitative estimate of drug-likeness (QED) is 0.463. The largest absolute Gasteiger partial charge is 0.294 e. The summed E-state index contributed by atoms with van der Waals surface area (Å²) in [7, 11) is -4.28. The molecule has 0 atom stereocenters. The van der Waals surface area contributed by atoms with Gasteiger partial charge in [-0.05, 0) is 67.1 Å². The summed E-state index contributed by atoms with van der Waals surface area (Å²) < 4.78 is 31.2. The van der Waals surface area contributed by atoms with Gasteiger partial charge in [-0.25, -0.2) is 0 Å². The van der Waals surface area contributed by atoms with Crippen LogP contribution in [0.15, 0.2) is 94.7 Å². The number of hydrogen-bond donors (Lipinski definition) is 1. The second kappa shape index (κ2) is 9.65. The van der Waals surface area contributed by atoms with E-state index in [4.69, 9.17) is 16.2 Å². The van der Waals surface area contributed by atoms with Gasteiger partial charge < -0.3 is 0 Å². The molecule has 31 heavy (non-hydrogen) atoms. The minimum absolute atomic E-state index is 0.250. The smallest absolute Gasteiger partial charge is 0.282 e. The van der Waals surface area contributed by atoms with E-state index in [0.717, 1.165) is 5.56 Å². The maximum absolute atomic E-state index is 12.6. The number of carbonyl (C=O) groups excluding carboxylic acids is 1. The summed E-state index contributed by atoms with van der Waals surface area (Å²) in [4.78, 5) is 16.2. The van der Waals surface area contributed by atoms with E-state index in [1.807, 2.05) is 18.2 Å². The van der Waals surface area contributed by atoms with Crippen LogP contribution >= 0.6 is 11.6 Å². The van der Waals surface area contributed by atoms with Gasteiger partial charge in [-0.3, -0.25) is 14.3 Å². The van der Waals surface area contributed by atoms with Crippen LogP contribution in [0, 0.1) is 0 Å². The number of hydrazone groups is 1. The van der Waals surface area contributed by atoms with E-state index in [0.29, 0.717) is 22.0 Å². The molecule has 4 rings (SSSR count). The van der Waals surface area contributed by atoms with Gasteiger partial charge in [0.05, 0.1) is 21.9 Å². The van der Waals surface area contributed by atoms with Gasteiger partial charge in [0.25, 0.3) is 16.0 Å². The highest BCUT2D eigenvalue weighted by atomic mass is 35.5. The molecule has 0 spiro atoms. The maximum Gasteiger partial charge on any atom is 0.294 e. The first-order chi connectivity index (χ1) is 14.8. The fourth-order valence-electron chi connectivity index (χ4n) is 2.66. The van der Waals surface area contributed by atoms with Crippen molar-refractivity contribution in [2.24, 2.45) is 5.10 Å². The second-order valence-corrected chi connectivity index (χ2v) is 8.26. The normalized spacial score (nSPS) is 14.8. The number of benzene rings is 2. The molecule has 1 aliphatic rings. The maximum atomic E-state index is 12.6. The van der Waals surface area contributed by atoms with Crippen LogP contribution in [-0.2, 0) is 14.9 Å². The molecular weight excluding hydrogens is 438 g/mol. The summed E-state index contributed by atoms with van der Waals surface area (Å²) in [5.74, 6) is -0.327. The molecule has 1 aliphatic heterocycles. The first kappa shape index (κ1) is 22.4. The summed E-state index contributed by atoms with van der Waals surface area (Å²) in [6.45, 7) is 1.71. The van der Waals surface area contributed by atoms with Crippen LogP contribution in [0.5, 0.6) is 0 Å². The molecule has 1 amide bonds. The van der Waals surface area contributed by atoms with E-state index >= 15 is 0 Å². The number of carbonyl (C=O) groups is 1. The lowest BCUT2D eigenvalue weighted by Gasteiger charge is -2.12. The van der Waals surface area contributed by atoms with E-state index in [9.17, 15) is 13.2 Å². The van der Waals surface area contributed by atoms with E-state index < -0.39 is 10.1 Å². The van der Waals surface area contributed by atoms with E-state index in [1.165, 1.54) is 29.3 Å². The average molecular weight is 456 g/mol. The van der Waals surface area contributed by atoms with E-state index in [2.05, 4.69) is 10.1 Å². The minimum atomic E-state index is -4.28. The van der Waals surface area contributed by atoms with Crippen molar-refractivity contribution in [2.75, 3.05) is 5.01 Å². The molecule has 1 N–H and O–H groups in total. The average Bonchev–Trinajstić information content (AvgIpc) is 3.05. The first-order valence-corrected chi connectivity index (χ1v) is 10.9. The lowest BCUT2D eigenvalue weighted by atomic mass is 10.1. The zero-order valence-electron chi connectivity index (χ0n) is 16.4. The highest BCUT2D eigenvalue weighted by Gasteiger charge is 2.28. The molecule has 2 heterocycles. The molecule has 158 valence electrons. The molecule has 3 aromatic rings. The van der Waals surface area contributed by atoms with Crippen LogP contribution in [0.1, 0.15) is 12.5 Å². The van der Waals surface area contributed by atoms with Gasteiger partial charge in [0.1, 0.15) is 0 Å². The zero-order chi connectivity index (χ0) is 22.4. The standard InChI is InChI=1S/C17H13ClN2O4S.C5H5N/c1-11-16(10-12-2-4-13(18)5-3-12)17(21)20(19-11)14-6-8-15(9-7-14)25(22,23)24;1-2-4-6-5-3-1/h2-10H,1H3,(H,22,23,24);1-5H/b16-10+;. The predicted molar refractivity (Wildman–Crippen MR) is 121 cm³/mol. The Morgan fingerprint density at radius 3 is 2.06 bits per heavy atom. The first-order valence-electron chi connectivity index (χ1n) is 9.05. The van der Waals surface area contributed by atoms with Crippen LogP contribution < -0.4 is 5.01 Å². The third-order valence-corrected chi connectivity index (χ3v) is 5.31. The Balaban J connectivity index is 0.000000391. The monoisotopic (exact) mass is 455 g/mol. The Morgan fingerprint density at radius 1 is 0.968 bits per heavy atom. The Hall–Kier alpha value is -3.33. The number of pyridine rings is 1. The topological polar surface area (TPSA) is 99.9 Å². The van der Waals surface area contributed by atoms with Gasteiger partial charge >= 0.3 is 0 Å². The summed E-state index contributed by atoms with van der Waals surface area (Å²) in [5, 5.41) is 6.01. The van der Waals surface area contributed by atoms with E-state index in [1.54, 1.807) is 49.7 Å². The van der Waals surface area contributed by atoms with Gasteiger partial charge in [0.15, 0.2) is 0 Å². The van der Waals surface area contributed by atoms with E-state index in [-0.39, 0.29) is 10.8 Å². The third kappa shape index (κ3) is 5.85. The number of amides is 1. The van der Waals surface area contributed by atoms with Crippen molar-refractivity contribution in [3.05, 3.63) is 95.3 Å². The van der Waals surface area contributed by atoms with Crippen LogP contribution in [0.2, 0.25) is 5.02 Å². The van der Waals surface area contributed by atoms with Crippen molar-refractivity contribution in [2.45, 2.75) is 11.8 Å². The Labute approximate surface area is 185 Å². The molecule has 0 radical (unpaired) electrons. The number of aromatic nitrogens is 1. The highest BCUT2D eigenvalue weighted by Crippen LogP contribution is 2.26. The van der Waals surface area contributed by atoms with Gasteiger partial charge in [-0.15, -0.1) is 0 Å². The molecule has 0 fully saturated rings. The molecule has 0 saturated carbocycles. The third-order valence-electron chi connectivity index (χ3n) is 4.19. The van der Waals surface area contributed by atoms with Crippen molar-refractivity contribution in [1.29, 1.82) is 0 Å². The number of anilines is 1. The molecule has 2 aromatic carbocycles. The number of nitrogens with zero attached hydrogens (tertiary/aromatic N) is 3. The van der Waals surface area contributed by atoms with Crippen molar-refractivity contribution >= 4 is 45.1 Å². The molecule has 0 unspecified atom stereocenters. The second-order valence-electron chi connectivity index (χ2n) is 6.41. The van der Waals surface area contributed by atoms with Crippen molar-refractivity contribution in [1.82, 2.24) is 4.98 Å². The number of hydrogen-bond acceptors (Lipinski definition) is 5. The highest BCUT2D eigenvalue weighted by molar-refractivity contribution is 7.85. The molecule has 0 aliphatic carbocycles. The summed E-state index contributed by atoms with van der Waals surface area (Å²) >= 11 is 5.85. The predicted octanol–water partition coefficient (Wildman–Crippen LogP) is 4.47. The van der Waals surface area contributed by atoms with Crippen LogP contribution in [0.4, 0.5) is 5.69 Å². The molecule has 1 aromatic heterocycles. The molecule has 0 bridgehead atoms. The van der Waals surface area contributed by atoms with Gasteiger partial charge in [0, 0.05) is 17.4 Å². The fraction of sp³-hybridized carbons (Fsp3) is 0.0455. The SMILES string of the molecule is CC1=NN(c2ccc(S(=O)(=O)O)cc2)C(=O)/C1=C/c1ccc(Cl)cc1.c1ccncc1. The van der Waals surface area contributed by atoms with Gasteiger partial charge in [-0.1, -0.05) is 29.8 Å². The van der Waals surface area contributed by atoms with Crippen molar-refractivity contribution in [3.63, 3.8) is 0 Å². The molecular formula is C22H18ClN3O4S. The molecule has 9 heteroatoms. The fourth-order valence-corrected chi connectivity index (χ4v) is 3.26. The summed E-state index contributed by atoms with van der Waals surface area (Å²) in [5.41, 5.74) is 2.18.